The number of rotatable bonds is 6. The first-order valence-corrected chi connectivity index (χ1v) is 11.7. The Hall–Kier alpha value is -2.47. The minimum Gasteiger partial charge on any atom is -0.395 e. The molecule has 2 fully saturated rings. The fourth-order valence-electron chi connectivity index (χ4n) is 5.12. The zero-order chi connectivity index (χ0) is 22.5. The van der Waals surface area contributed by atoms with Gasteiger partial charge in [0.15, 0.2) is 0 Å². The molecule has 0 saturated carbocycles. The summed E-state index contributed by atoms with van der Waals surface area (Å²) in [6.07, 6.45) is 6.34. The molecule has 2 heterocycles. The van der Waals surface area contributed by atoms with Gasteiger partial charge in [0.05, 0.1) is 13.2 Å². The number of carbonyl (C=O) groups is 1. The van der Waals surface area contributed by atoms with Crippen molar-refractivity contribution in [2.75, 3.05) is 46.9 Å². The Morgan fingerprint density at radius 2 is 1.66 bits per heavy atom. The summed E-state index contributed by atoms with van der Waals surface area (Å²) < 4.78 is 0. The molecule has 1 N–H and O–H groups in total. The minimum absolute atomic E-state index is 0.134. The lowest BCUT2D eigenvalue weighted by Gasteiger charge is -2.57. The summed E-state index contributed by atoms with van der Waals surface area (Å²) >= 11 is 0. The average Bonchev–Trinajstić information content (AvgIpc) is 2.77. The molecule has 0 aromatic heterocycles. The van der Waals surface area contributed by atoms with Gasteiger partial charge in [-0.2, -0.15) is 0 Å². The van der Waals surface area contributed by atoms with E-state index in [9.17, 15) is 9.90 Å². The molecule has 2 aromatic rings. The molecule has 2 aliphatic heterocycles. The first kappa shape index (κ1) is 22.7. The maximum Gasteiger partial charge on any atom is 0.236 e. The van der Waals surface area contributed by atoms with Crippen LogP contribution in [0.4, 0.5) is 0 Å². The van der Waals surface area contributed by atoms with Gasteiger partial charge in [-0.1, -0.05) is 66.7 Å². The summed E-state index contributed by atoms with van der Waals surface area (Å²) in [6, 6.07) is 19.4. The molecule has 3 atom stereocenters. The van der Waals surface area contributed by atoms with Crippen molar-refractivity contribution in [3.8, 4) is 0 Å². The first-order valence-electron chi connectivity index (χ1n) is 11.7. The van der Waals surface area contributed by atoms with Gasteiger partial charge in [-0.15, -0.1) is 0 Å². The van der Waals surface area contributed by atoms with E-state index in [1.54, 1.807) is 0 Å². The van der Waals surface area contributed by atoms with Gasteiger partial charge in [0.25, 0.3) is 0 Å². The van der Waals surface area contributed by atoms with Crippen molar-refractivity contribution in [1.82, 2.24) is 14.7 Å². The second kappa shape index (κ2) is 10.4. The fraction of sp³-hybridized carbons (Fsp3) is 0.444. The van der Waals surface area contributed by atoms with E-state index in [4.69, 9.17) is 0 Å². The summed E-state index contributed by atoms with van der Waals surface area (Å²) in [5, 5.41) is 10.1. The van der Waals surface area contributed by atoms with E-state index >= 15 is 0 Å². The molecule has 0 unspecified atom stereocenters. The number of likely N-dealkylation sites (N-methyl/N-ethyl adjacent to an activating group) is 1. The second-order valence-electron chi connectivity index (χ2n) is 9.28. The number of fused-ring (bicyclic) bond motifs is 1. The van der Waals surface area contributed by atoms with Crippen LogP contribution in [0, 0.1) is 0 Å². The van der Waals surface area contributed by atoms with Crippen LogP contribution in [-0.4, -0.2) is 84.7 Å². The third kappa shape index (κ3) is 5.12. The van der Waals surface area contributed by atoms with Crippen molar-refractivity contribution in [1.29, 1.82) is 0 Å². The van der Waals surface area contributed by atoms with E-state index in [0.29, 0.717) is 6.54 Å². The Morgan fingerprint density at radius 1 is 1.00 bits per heavy atom. The second-order valence-corrected chi connectivity index (χ2v) is 9.28. The average molecular weight is 434 g/mol. The normalized spacial score (nSPS) is 24.1. The zero-order valence-electron chi connectivity index (χ0n) is 19.2. The highest BCUT2D eigenvalue weighted by Crippen LogP contribution is 2.42. The number of hydrogen-bond donors (Lipinski definition) is 1. The van der Waals surface area contributed by atoms with Crippen LogP contribution in [0.5, 0.6) is 0 Å². The molecule has 32 heavy (non-hydrogen) atoms. The fourth-order valence-corrected chi connectivity index (χ4v) is 5.12. The SMILES string of the molecule is CN(C)CC(=O)N1CCCCN2[C@H](C1)[C@H](c1ccc(/C=C/c3ccccc3)cc1)[C@@H]2CO. The van der Waals surface area contributed by atoms with Crippen LogP contribution < -0.4 is 0 Å². The monoisotopic (exact) mass is 433 g/mol. The van der Waals surface area contributed by atoms with Crippen LogP contribution in [0.2, 0.25) is 0 Å². The Kier molecular flexibility index (Phi) is 7.40. The first-order chi connectivity index (χ1) is 15.6. The van der Waals surface area contributed by atoms with Crippen molar-refractivity contribution < 1.29 is 9.90 Å². The Bertz CT molecular complexity index is 910. The van der Waals surface area contributed by atoms with Crippen LogP contribution in [0.3, 0.4) is 0 Å². The van der Waals surface area contributed by atoms with Gasteiger partial charge in [-0.3, -0.25) is 9.69 Å². The summed E-state index contributed by atoms with van der Waals surface area (Å²) in [5.74, 6) is 0.448. The number of amides is 1. The molecular weight excluding hydrogens is 398 g/mol. The van der Waals surface area contributed by atoms with Gasteiger partial charge in [0.2, 0.25) is 5.91 Å². The molecule has 2 aromatic carbocycles. The number of aliphatic hydroxyl groups is 1. The predicted molar refractivity (Wildman–Crippen MR) is 130 cm³/mol. The van der Waals surface area contributed by atoms with Crippen LogP contribution >= 0.6 is 0 Å². The molecule has 170 valence electrons. The molecule has 5 heteroatoms. The lowest BCUT2D eigenvalue weighted by Crippen LogP contribution is -2.68. The molecule has 4 rings (SSSR count). The van der Waals surface area contributed by atoms with Gasteiger partial charge in [-0.25, -0.2) is 0 Å². The number of carbonyl (C=O) groups excluding carboxylic acids is 1. The van der Waals surface area contributed by atoms with Crippen molar-refractivity contribution >= 4 is 18.1 Å². The van der Waals surface area contributed by atoms with Crippen LogP contribution in [-0.2, 0) is 4.79 Å². The van der Waals surface area contributed by atoms with E-state index in [0.717, 1.165) is 38.0 Å². The van der Waals surface area contributed by atoms with E-state index < -0.39 is 0 Å². The highest BCUT2D eigenvalue weighted by atomic mass is 16.3. The Morgan fingerprint density at radius 3 is 2.31 bits per heavy atom. The number of hydrogen-bond acceptors (Lipinski definition) is 4. The third-order valence-corrected chi connectivity index (χ3v) is 6.76. The molecule has 2 aliphatic rings. The lowest BCUT2D eigenvalue weighted by molar-refractivity contribution is -0.137. The number of aliphatic hydroxyl groups excluding tert-OH is 1. The van der Waals surface area contributed by atoms with Crippen LogP contribution in [0.25, 0.3) is 12.2 Å². The number of benzene rings is 2. The molecule has 0 aliphatic carbocycles. The van der Waals surface area contributed by atoms with Gasteiger partial charge in [-0.05, 0) is 50.2 Å². The molecule has 5 nitrogen and oxygen atoms in total. The highest BCUT2D eigenvalue weighted by molar-refractivity contribution is 5.78. The largest absolute Gasteiger partial charge is 0.395 e. The predicted octanol–water partition coefficient (Wildman–Crippen LogP) is 3.17. The Balaban J connectivity index is 1.49. The maximum atomic E-state index is 12.8. The van der Waals surface area contributed by atoms with Gasteiger partial charge in [0, 0.05) is 31.1 Å². The maximum absolute atomic E-state index is 12.8. The van der Waals surface area contributed by atoms with Crippen molar-refractivity contribution in [2.45, 2.75) is 30.8 Å². The van der Waals surface area contributed by atoms with Crippen LogP contribution in [0.1, 0.15) is 35.4 Å². The van der Waals surface area contributed by atoms with Gasteiger partial charge >= 0.3 is 0 Å². The van der Waals surface area contributed by atoms with Crippen molar-refractivity contribution in [2.24, 2.45) is 0 Å². The molecular formula is C27H35N3O2. The zero-order valence-corrected chi connectivity index (χ0v) is 19.2. The van der Waals surface area contributed by atoms with Crippen molar-refractivity contribution in [3.05, 3.63) is 71.3 Å². The molecule has 2 saturated heterocycles. The molecule has 0 radical (unpaired) electrons. The third-order valence-electron chi connectivity index (χ3n) is 6.76. The van der Waals surface area contributed by atoms with Gasteiger partial charge < -0.3 is 14.9 Å². The highest BCUT2D eigenvalue weighted by Gasteiger charge is 2.49. The smallest absolute Gasteiger partial charge is 0.236 e. The Labute approximate surface area is 191 Å². The summed E-state index contributed by atoms with van der Waals surface area (Å²) in [4.78, 5) is 19.2. The summed E-state index contributed by atoms with van der Waals surface area (Å²) in [5.41, 5.74) is 3.60. The topological polar surface area (TPSA) is 47.0 Å². The van der Waals surface area contributed by atoms with E-state index in [1.165, 1.54) is 11.1 Å². The van der Waals surface area contributed by atoms with Gasteiger partial charge in [0.1, 0.15) is 0 Å². The van der Waals surface area contributed by atoms with E-state index in [2.05, 4.69) is 53.5 Å². The minimum atomic E-state index is 0.134. The quantitative estimate of drug-likeness (QED) is 0.711. The molecule has 1 amide bonds. The molecule has 0 spiro atoms. The van der Waals surface area contributed by atoms with E-state index in [1.807, 2.05) is 42.1 Å². The summed E-state index contributed by atoms with van der Waals surface area (Å²) in [7, 11) is 3.88. The lowest BCUT2D eigenvalue weighted by atomic mass is 9.74. The van der Waals surface area contributed by atoms with E-state index in [-0.39, 0.29) is 30.5 Å². The standard InChI is InChI=1S/C27H35N3O2/c1-28(2)19-26(32)29-16-6-7-17-30-24(18-29)27(25(30)20-31)23-14-12-22(13-15-23)11-10-21-8-4-3-5-9-21/h3-5,8-15,24-25,27,31H,6-7,16-20H2,1-2H3/b11-10+/t24-,25+,27+/m1/s1. The number of nitrogens with zero attached hydrogens (tertiary/aromatic N) is 3. The summed E-state index contributed by atoms with van der Waals surface area (Å²) in [6.45, 7) is 3.17. The molecule has 0 bridgehead atoms. The van der Waals surface area contributed by atoms with Crippen LogP contribution in [0.15, 0.2) is 54.6 Å². The van der Waals surface area contributed by atoms with Crippen molar-refractivity contribution in [3.63, 3.8) is 0 Å².